The molecule has 1 heterocycles. The number of amides is 1. The first-order valence-corrected chi connectivity index (χ1v) is 8.87. The van der Waals surface area contributed by atoms with Gasteiger partial charge >= 0.3 is 5.97 Å². The Morgan fingerprint density at radius 2 is 2.27 bits per heavy atom. The number of rotatable bonds is 5. The first-order chi connectivity index (χ1) is 10.5. The predicted octanol–water partition coefficient (Wildman–Crippen LogP) is 2.42. The highest BCUT2D eigenvalue weighted by atomic mass is 79.9. The van der Waals surface area contributed by atoms with Crippen LogP contribution in [0, 0.1) is 0 Å². The van der Waals surface area contributed by atoms with E-state index in [-0.39, 0.29) is 24.8 Å². The lowest BCUT2D eigenvalue weighted by Gasteiger charge is -2.34. The standard InChI is InChI=1S/C15H18BrNO4S/c1-21-12-2-3-13(16)10(6-12)7-14(18)17-4-5-22-9-11(17)8-15(19)20/h2-3,6,11H,4-5,7-9H2,1H3,(H,19,20). The SMILES string of the molecule is COc1ccc(Br)c(CC(=O)N2CCSCC2CC(=O)O)c1. The number of carboxylic acid groups (broad SMARTS) is 1. The van der Waals surface area contributed by atoms with E-state index < -0.39 is 5.97 Å². The quantitative estimate of drug-likeness (QED) is 0.839. The van der Waals surface area contributed by atoms with E-state index in [1.165, 1.54) is 0 Å². The van der Waals surface area contributed by atoms with Gasteiger partial charge in [-0.3, -0.25) is 9.59 Å². The van der Waals surface area contributed by atoms with Crippen molar-refractivity contribution in [3.05, 3.63) is 28.2 Å². The summed E-state index contributed by atoms with van der Waals surface area (Å²) in [6, 6.07) is 5.27. The van der Waals surface area contributed by atoms with Gasteiger partial charge in [0.2, 0.25) is 5.91 Å². The maximum absolute atomic E-state index is 12.6. The van der Waals surface area contributed by atoms with Gasteiger partial charge in [0.15, 0.2) is 0 Å². The maximum Gasteiger partial charge on any atom is 0.305 e. The van der Waals surface area contributed by atoms with E-state index in [1.54, 1.807) is 23.8 Å². The summed E-state index contributed by atoms with van der Waals surface area (Å²) in [6.45, 7) is 0.600. The number of carboxylic acids is 1. The number of nitrogens with zero attached hydrogens (tertiary/aromatic N) is 1. The summed E-state index contributed by atoms with van der Waals surface area (Å²) in [6.07, 6.45) is 0.233. The van der Waals surface area contributed by atoms with Gasteiger partial charge in [0.05, 0.1) is 26.0 Å². The normalized spacial score (nSPS) is 18.1. The first-order valence-electron chi connectivity index (χ1n) is 6.92. The molecule has 0 bridgehead atoms. The minimum atomic E-state index is -0.868. The molecule has 1 amide bonds. The molecule has 1 aliphatic rings. The van der Waals surface area contributed by atoms with Gasteiger partial charge in [-0.15, -0.1) is 0 Å². The highest BCUT2D eigenvalue weighted by Crippen LogP contribution is 2.25. The van der Waals surface area contributed by atoms with E-state index in [0.717, 1.165) is 15.8 Å². The molecule has 0 aliphatic carbocycles. The van der Waals surface area contributed by atoms with Crippen molar-refractivity contribution in [2.24, 2.45) is 0 Å². The molecule has 1 unspecified atom stereocenters. The van der Waals surface area contributed by atoms with E-state index in [9.17, 15) is 9.59 Å². The van der Waals surface area contributed by atoms with Gasteiger partial charge in [0.25, 0.3) is 0 Å². The molecule has 120 valence electrons. The molecule has 1 saturated heterocycles. The molecule has 0 radical (unpaired) electrons. The fourth-order valence-electron chi connectivity index (χ4n) is 2.43. The Morgan fingerprint density at radius 1 is 1.50 bits per heavy atom. The number of hydrogen-bond acceptors (Lipinski definition) is 4. The van der Waals surface area contributed by atoms with Crippen molar-refractivity contribution in [2.75, 3.05) is 25.2 Å². The van der Waals surface area contributed by atoms with Gasteiger partial charge < -0.3 is 14.7 Å². The second-order valence-electron chi connectivity index (χ2n) is 5.05. The molecule has 1 aromatic carbocycles. The maximum atomic E-state index is 12.6. The lowest BCUT2D eigenvalue weighted by Crippen LogP contribution is -2.47. The molecule has 2 rings (SSSR count). The van der Waals surface area contributed by atoms with Crippen LogP contribution >= 0.6 is 27.7 Å². The summed E-state index contributed by atoms with van der Waals surface area (Å²) in [5.74, 6) is 1.31. The lowest BCUT2D eigenvalue weighted by molar-refractivity contribution is -0.140. The average Bonchev–Trinajstić information content (AvgIpc) is 2.49. The molecule has 1 fully saturated rings. The molecule has 22 heavy (non-hydrogen) atoms. The first kappa shape index (κ1) is 17.1. The van der Waals surface area contributed by atoms with E-state index >= 15 is 0 Å². The number of aliphatic carboxylic acids is 1. The number of ether oxygens (including phenoxy) is 1. The van der Waals surface area contributed by atoms with Crippen LogP contribution in [0.2, 0.25) is 0 Å². The molecule has 5 nitrogen and oxygen atoms in total. The van der Waals surface area contributed by atoms with Crippen LogP contribution in [0.25, 0.3) is 0 Å². The van der Waals surface area contributed by atoms with E-state index in [1.807, 2.05) is 18.2 Å². The highest BCUT2D eigenvalue weighted by Gasteiger charge is 2.29. The molecule has 1 aromatic rings. The van der Waals surface area contributed by atoms with Crippen molar-refractivity contribution in [3.63, 3.8) is 0 Å². The summed E-state index contributed by atoms with van der Waals surface area (Å²) >= 11 is 5.14. The zero-order valence-electron chi connectivity index (χ0n) is 12.3. The van der Waals surface area contributed by atoms with E-state index in [0.29, 0.717) is 18.0 Å². The Balaban J connectivity index is 2.11. The Labute approximate surface area is 142 Å². The molecule has 0 saturated carbocycles. The summed E-state index contributed by atoms with van der Waals surface area (Å²) < 4.78 is 6.03. The fourth-order valence-corrected chi connectivity index (χ4v) is 3.88. The second kappa shape index (κ2) is 7.87. The van der Waals surface area contributed by atoms with Crippen LogP contribution in [0.4, 0.5) is 0 Å². The average molecular weight is 388 g/mol. The van der Waals surface area contributed by atoms with Crippen LogP contribution in [-0.2, 0) is 16.0 Å². The zero-order chi connectivity index (χ0) is 16.1. The van der Waals surface area contributed by atoms with Crippen molar-refractivity contribution >= 4 is 39.6 Å². The Hall–Kier alpha value is -1.21. The molecular weight excluding hydrogens is 370 g/mol. The molecular formula is C15H18BrNO4S. The number of methoxy groups -OCH3 is 1. The Bertz CT molecular complexity index is 566. The van der Waals surface area contributed by atoms with E-state index in [4.69, 9.17) is 9.84 Å². The Morgan fingerprint density at radius 3 is 2.95 bits per heavy atom. The van der Waals surface area contributed by atoms with Gasteiger partial charge in [-0.1, -0.05) is 15.9 Å². The van der Waals surface area contributed by atoms with Crippen molar-refractivity contribution in [2.45, 2.75) is 18.9 Å². The third kappa shape index (κ3) is 4.39. The monoisotopic (exact) mass is 387 g/mol. The summed E-state index contributed by atoms with van der Waals surface area (Å²) in [5.41, 5.74) is 0.844. The Kier molecular flexibility index (Phi) is 6.14. The molecule has 1 N–H and O–H groups in total. The molecule has 1 atom stereocenters. The van der Waals surface area contributed by atoms with Crippen LogP contribution in [0.15, 0.2) is 22.7 Å². The van der Waals surface area contributed by atoms with Crippen LogP contribution in [0.3, 0.4) is 0 Å². The number of benzene rings is 1. The minimum absolute atomic E-state index is 0.00196. The topological polar surface area (TPSA) is 66.8 Å². The number of hydrogen-bond donors (Lipinski definition) is 1. The zero-order valence-corrected chi connectivity index (χ0v) is 14.7. The van der Waals surface area contributed by atoms with Gasteiger partial charge in [0, 0.05) is 22.5 Å². The number of carbonyl (C=O) groups is 2. The lowest BCUT2D eigenvalue weighted by atomic mass is 10.1. The molecule has 1 aliphatic heterocycles. The van der Waals surface area contributed by atoms with Gasteiger partial charge in [-0.05, 0) is 23.8 Å². The largest absolute Gasteiger partial charge is 0.497 e. The smallest absolute Gasteiger partial charge is 0.305 e. The molecule has 0 aromatic heterocycles. The third-order valence-electron chi connectivity index (χ3n) is 3.55. The van der Waals surface area contributed by atoms with Crippen molar-refractivity contribution in [3.8, 4) is 5.75 Å². The third-order valence-corrected chi connectivity index (χ3v) is 5.42. The number of carbonyl (C=O) groups excluding carboxylic acids is 1. The molecule has 0 spiro atoms. The molecule has 7 heteroatoms. The summed E-state index contributed by atoms with van der Waals surface area (Å²) in [5, 5.41) is 9.00. The minimum Gasteiger partial charge on any atom is -0.497 e. The van der Waals surface area contributed by atoms with Crippen LogP contribution in [0.5, 0.6) is 5.75 Å². The summed E-state index contributed by atoms with van der Waals surface area (Å²) in [7, 11) is 1.58. The van der Waals surface area contributed by atoms with Crippen LogP contribution < -0.4 is 4.74 Å². The van der Waals surface area contributed by atoms with Crippen LogP contribution in [-0.4, -0.2) is 53.1 Å². The van der Waals surface area contributed by atoms with Crippen LogP contribution in [0.1, 0.15) is 12.0 Å². The van der Waals surface area contributed by atoms with Gasteiger partial charge in [0.1, 0.15) is 5.75 Å². The number of halogens is 1. The summed E-state index contributed by atoms with van der Waals surface area (Å²) in [4.78, 5) is 25.2. The van der Waals surface area contributed by atoms with Crippen molar-refractivity contribution in [1.29, 1.82) is 0 Å². The predicted molar refractivity (Wildman–Crippen MR) is 89.5 cm³/mol. The van der Waals surface area contributed by atoms with Crippen molar-refractivity contribution in [1.82, 2.24) is 4.90 Å². The number of thioether (sulfide) groups is 1. The highest BCUT2D eigenvalue weighted by molar-refractivity contribution is 9.10. The van der Waals surface area contributed by atoms with Crippen molar-refractivity contribution < 1.29 is 19.4 Å². The van der Waals surface area contributed by atoms with E-state index in [2.05, 4.69) is 15.9 Å². The second-order valence-corrected chi connectivity index (χ2v) is 7.05. The fraction of sp³-hybridized carbons (Fsp3) is 0.467. The van der Waals surface area contributed by atoms with Gasteiger partial charge in [-0.25, -0.2) is 0 Å². The van der Waals surface area contributed by atoms with Gasteiger partial charge in [-0.2, -0.15) is 11.8 Å².